The molecule has 0 atom stereocenters. The summed E-state index contributed by atoms with van der Waals surface area (Å²) >= 11 is 0. The average molecular weight is 1020 g/mol. The third-order valence-corrected chi connectivity index (χ3v) is 12.3. The molecule has 0 N–H and O–H groups in total. The molecule has 2 aromatic carbocycles. The quantitative estimate of drug-likeness (QED) is 0.107. The lowest BCUT2D eigenvalue weighted by Crippen LogP contribution is -2.44. The van der Waals surface area contributed by atoms with E-state index in [2.05, 4.69) is 63.4 Å². The summed E-state index contributed by atoms with van der Waals surface area (Å²) in [6, 6.07) is 28.0. The van der Waals surface area contributed by atoms with Gasteiger partial charge in [0.1, 0.15) is 34.5 Å². The van der Waals surface area contributed by atoms with Gasteiger partial charge < -0.3 is 47.3 Å². The Kier molecular flexibility index (Phi) is 15.0. The molecule has 0 amide bonds. The van der Waals surface area contributed by atoms with Crippen molar-refractivity contribution in [3.63, 3.8) is 0 Å². The van der Waals surface area contributed by atoms with Gasteiger partial charge >= 0.3 is 12.7 Å². The molecule has 10 rings (SSSR count). The van der Waals surface area contributed by atoms with Gasteiger partial charge in [-0.1, -0.05) is 10.3 Å². The zero-order chi connectivity index (χ0) is 52.0. The number of piperazine rings is 2. The Morgan fingerprint density at radius 2 is 0.878 bits per heavy atom. The molecule has 0 bridgehead atoms. The van der Waals surface area contributed by atoms with Gasteiger partial charge in [0.25, 0.3) is 11.1 Å². The van der Waals surface area contributed by atoms with Crippen LogP contribution in [0.15, 0.2) is 153 Å². The van der Waals surface area contributed by atoms with E-state index in [4.69, 9.17) is 9.05 Å². The van der Waals surface area contributed by atoms with Gasteiger partial charge in [0.15, 0.2) is 11.5 Å². The molecule has 0 saturated carbocycles. The minimum absolute atomic E-state index is 0.161. The first-order valence-corrected chi connectivity index (χ1v) is 23.3. The Labute approximate surface area is 419 Å². The number of hydrogen-bond donors (Lipinski definition) is 0. The van der Waals surface area contributed by atoms with Gasteiger partial charge in [-0.2, -0.15) is 0 Å². The molecule has 2 aliphatic rings. The van der Waals surface area contributed by atoms with Gasteiger partial charge in [-0.3, -0.25) is 9.59 Å². The summed E-state index contributed by atoms with van der Waals surface area (Å²) in [7, 11) is 4.20. The van der Waals surface area contributed by atoms with Crippen molar-refractivity contribution in [1.82, 2.24) is 39.2 Å². The highest BCUT2D eigenvalue weighted by molar-refractivity contribution is 5.68. The Morgan fingerprint density at radius 1 is 0.486 bits per heavy atom. The fourth-order valence-electron chi connectivity index (χ4n) is 8.28. The monoisotopic (exact) mass is 1020 g/mol. The summed E-state index contributed by atoms with van der Waals surface area (Å²) in [6.45, 7) is 8.19. The molecular formula is C52H48F6N10O6. The number of anilines is 2. The lowest BCUT2D eigenvalue weighted by molar-refractivity contribution is -0.275. The smallest absolute Gasteiger partial charge is 0.406 e. The largest absolute Gasteiger partial charge is 0.573 e. The van der Waals surface area contributed by atoms with Crippen LogP contribution in [0.25, 0.3) is 45.2 Å². The van der Waals surface area contributed by atoms with Gasteiger partial charge in [-0.05, 0) is 110 Å². The summed E-state index contributed by atoms with van der Waals surface area (Å²) in [5.41, 5.74) is 4.91. The highest BCUT2D eigenvalue weighted by Crippen LogP contribution is 2.31. The molecule has 0 unspecified atom stereocenters. The van der Waals surface area contributed by atoms with Gasteiger partial charge in [0.2, 0.25) is 0 Å². The van der Waals surface area contributed by atoms with Crippen LogP contribution in [-0.2, 0) is 13.1 Å². The molecule has 2 fully saturated rings. The number of benzene rings is 2. The van der Waals surface area contributed by atoms with Crippen molar-refractivity contribution in [2.24, 2.45) is 0 Å². The van der Waals surface area contributed by atoms with Crippen molar-refractivity contribution in [1.29, 1.82) is 0 Å². The summed E-state index contributed by atoms with van der Waals surface area (Å²) in [5, 5.41) is 8.11. The molecule has 2 aliphatic heterocycles. The molecule has 384 valence electrons. The highest BCUT2D eigenvalue weighted by Gasteiger charge is 2.32. The summed E-state index contributed by atoms with van der Waals surface area (Å²) < 4.78 is 96.2. The van der Waals surface area contributed by atoms with Crippen LogP contribution in [-0.4, -0.2) is 118 Å². The van der Waals surface area contributed by atoms with Crippen molar-refractivity contribution in [3.05, 3.63) is 166 Å². The van der Waals surface area contributed by atoms with Crippen LogP contribution >= 0.6 is 0 Å². The van der Waals surface area contributed by atoms with E-state index in [1.165, 1.54) is 60.7 Å². The van der Waals surface area contributed by atoms with Crippen molar-refractivity contribution >= 4 is 11.6 Å². The minimum Gasteiger partial charge on any atom is -0.406 e. The van der Waals surface area contributed by atoms with Crippen LogP contribution in [0.1, 0.15) is 11.1 Å². The zero-order valence-corrected chi connectivity index (χ0v) is 40.0. The fourth-order valence-corrected chi connectivity index (χ4v) is 8.28. The molecular weight excluding hydrogens is 975 g/mol. The average Bonchev–Trinajstić information content (AvgIpc) is 4.08. The second kappa shape index (κ2) is 21.9. The van der Waals surface area contributed by atoms with Crippen LogP contribution in [0.2, 0.25) is 0 Å². The topological polar surface area (TPSA) is 153 Å². The number of hydrogen-bond acceptors (Lipinski definition) is 14. The standard InChI is InChI=1S/2C26H24F3N5O3/c1-32-10-12-33(13-11-32)24-14-18(8-9-30-24)16-34-17-20(4-7-25(34)35)22-15-23(37-31-22)19-2-5-21(6-3-19)36-26(27,28)29;1-32-10-12-33(13-11-32)24-14-18(8-9-30-24)16-34-17-20(4-7-25(34)35)23-15-22(31-37-23)19-2-5-21(6-3-19)36-26(27,28)29/h2*2-9,14-15,17H,10-13,16H2,1H3. The number of alkyl halides is 6. The van der Waals surface area contributed by atoms with Gasteiger partial charge in [-0.25, -0.2) is 9.97 Å². The Balaban J connectivity index is 0.000000182. The molecule has 8 aromatic rings. The van der Waals surface area contributed by atoms with E-state index < -0.39 is 12.7 Å². The number of likely N-dealkylation sites (N-methyl/N-ethyl adjacent to an activating group) is 2. The first kappa shape index (κ1) is 50.7. The maximum atomic E-state index is 12.6. The summed E-state index contributed by atoms with van der Waals surface area (Å²) in [5.74, 6) is 1.93. The van der Waals surface area contributed by atoms with E-state index >= 15 is 0 Å². The zero-order valence-electron chi connectivity index (χ0n) is 40.0. The number of nitrogens with zero attached hydrogens (tertiary/aromatic N) is 10. The molecule has 2 saturated heterocycles. The summed E-state index contributed by atoms with van der Waals surface area (Å²) in [6.07, 6.45) is -2.60. The second-order valence-electron chi connectivity index (χ2n) is 17.7. The number of rotatable bonds is 12. The minimum atomic E-state index is -4.76. The number of pyridine rings is 4. The molecule has 0 radical (unpaired) electrons. The number of ether oxygens (including phenoxy) is 2. The first-order chi connectivity index (χ1) is 35.5. The van der Waals surface area contributed by atoms with E-state index in [0.29, 0.717) is 58.3 Å². The SMILES string of the molecule is CN1CCN(c2cc(Cn3cc(-c4cc(-c5ccc(OC(F)(F)F)cc5)no4)ccc3=O)ccn2)CC1.CN1CCN(c2cc(Cn3cc(-c4cc(-c5ccc(OC(F)(F)F)cc5)on4)ccc3=O)ccn2)CC1. The van der Waals surface area contributed by atoms with Crippen LogP contribution < -0.4 is 30.4 Å². The maximum Gasteiger partial charge on any atom is 0.573 e. The fraction of sp³-hybridized carbons (Fsp3) is 0.269. The van der Waals surface area contributed by atoms with Crippen LogP contribution in [0, 0.1) is 0 Å². The van der Waals surface area contributed by atoms with E-state index in [9.17, 15) is 35.9 Å². The molecule has 22 heteroatoms. The predicted octanol–water partition coefficient (Wildman–Crippen LogP) is 8.53. The molecule has 16 nitrogen and oxygen atoms in total. The molecule has 0 aliphatic carbocycles. The molecule has 0 spiro atoms. The third-order valence-electron chi connectivity index (χ3n) is 12.3. The summed E-state index contributed by atoms with van der Waals surface area (Å²) in [4.78, 5) is 43.2. The normalized spacial score (nSPS) is 14.6. The van der Waals surface area contributed by atoms with Crippen LogP contribution in [0.4, 0.5) is 38.0 Å². The van der Waals surface area contributed by atoms with E-state index in [-0.39, 0.29) is 22.6 Å². The Bertz CT molecular complexity index is 3070. The van der Waals surface area contributed by atoms with Gasteiger partial charge in [0, 0.05) is 124 Å². The molecule has 6 aromatic heterocycles. The first-order valence-electron chi connectivity index (χ1n) is 23.3. The third kappa shape index (κ3) is 13.2. The lowest BCUT2D eigenvalue weighted by atomic mass is 10.1. The van der Waals surface area contributed by atoms with E-state index in [1.807, 2.05) is 24.3 Å². The van der Waals surface area contributed by atoms with Crippen molar-refractivity contribution in [3.8, 4) is 56.7 Å². The van der Waals surface area contributed by atoms with Crippen molar-refractivity contribution < 1.29 is 44.9 Å². The van der Waals surface area contributed by atoms with E-state index in [0.717, 1.165) is 75.1 Å². The van der Waals surface area contributed by atoms with Gasteiger partial charge in [-0.15, -0.1) is 26.3 Å². The number of aromatic nitrogens is 6. The maximum absolute atomic E-state index is 12.6. The highest BCUT2D eigenvalue weighted by atomic mass is 19.4. The van der Waals surface area contributed by atoms with Crippen molar-refractivity contribution in [2.75, 3.05) is 76.3 Å². The molecule has 74 heavy (non-hydrogen) atoms. The van der Waals surface area contributed by atoms with Gasteiger partial charge in [0.05, 0.1) is 13.1 Å². The predicted molar refractivity (Wildman–Crippen MR) is 263 cm³/mol. The molecule has 8 heterocycles. The van der Waals surface area contributed by atoms with Crippen LogP contribution in [0.5, 0.6) is 11.5 Å². The second-order valence-corrected chi connectivity index (χ2v) is 17.7. The Hall–Kier alpha value is -8.24. The van der Waals surface area contributed by atoms with Crippen molar-refractivity contribution in [2.45, 2.75) is 25.8 Å². The number of halogens is 6. The Morgan fingerprint density at radius 3 is 1.34 bits per heavy atom. The van der Waals surface area contributed by atoms with E-state index in [1.54, 1.807) is 58.2 Å². The van der Waals surface area contributed by atoms with Crippen LogP contribution in [0.3, 0.4) is 0 Å². The lowest BCUT2D eigenvalue weighted by Gasteiger charge is -2.33.